The maximum atomic E-state index is 5.20. The average molecular weight is 317 g/mol. The monoisotopic (exact) mass is 317 g/mol. The molecule has 2 aromatic carbocycles. The third kappa shape index (κ3) is 2.65. The fourth-order valence-electron chi connectivity index (χ4n) is 2.50. The lowest BCUT2D eigenvalue weighted by Gasteiger charge is -2.11. The lowest BCUT2D eigenvalue weighted by atomic mass is 10.1. The Bertz CT molecular complexity index is 918. The van der Waals surface area contributed by atoms with Crippen molar-refractivity contribution in [2.45, 2.75) is 0 Å². The Morgan fingerprint density at radius 3 is 2.50 bits per heavy atom. The number of fused-ring (bicyclic) bond motifs is 1. The van der Waals surface area contributed by atoms with Gasteiger partial charge in [0.2, 0.25) is 0 Å². The summed E-state index contributed by atoms with van der Waals surface area (Å²) < 4.78 is 7.00. The number of para-hydroxylation sites is 1. The van der Waals surface area contributed by atoms with E-state index in [1.54, 1.807) is 18.1 Å². The van der Waals surface area contributed by atoms with Crippen LogP contribution >= 0.6 is 0 Å². The lowest BCUT2D eigenvalue weighted by Crippen LogP contribution is -2.10. The molecule has 4 rings (SSSR count). The standard InChI is InChI=1S/C18H15N5O/c1-24-15-9-7-13(8-10-15)17-16-11-23(12-19-18(16)21-20-17)22-14-5-3-2-4-6-14/h2-12,22H,1H3. The molecule has 0 amide bonds. The summed E-state index contributed by atoms with van der Waals surface area (Å²) in [5, 5.41) is 8.43. The molecular weight excluding hydrogens is 302 g/mol. The van der Waals surface area contributed by atoms with E-state index in [4.69, 9.17) is 4.74 Å². The molecule has 0 radical (unpaired) electrons. The highest BCUT2D eigenvalue weighted by Gasteiger charge is 2.17. The van der Waals surface area contributed by atoms with E-state index < -0.39 is 0 Å². The number of nitrogens with one attached hydrogen (secondary N) is 1. The molecule has 1 N–H and O–H groups in total. The van der Waals surface area contributed by atoms with Gasteiger partial charge in [-0.2, -0.15) is 0 Å². The van der Waals surface area contributed by atoms with Crippen LogP contribution in [0.15, 0.2) is 67.1 Å². The van der Waals surface area contributed by atoms with Crippen LogP contribution in [0.1, 0.15) is 0 Å². The normalized spacial score (nSPS) is 10.7. The summed E-state index contributed by atoms with van der Waals surface area (Å²) >= 11 is 0. The Balaban J connectivity index is 1.71. The van der Waals surface area contributed by atoms with Crippen LogP contribution in [0.3, 0.4) is 0 Å². The van der Waals surface area contributed by atoms with Crippen molar-refractivity contribution in [1.29, 1.82) is 0 Å². The second-order valence-corrected chi connectivity index (χ2v) is 5.27. The summed E-state index contributed by atoms with van der Waals surface area (Å²) in [5.41, 5.74) is 6.88. The van der Waals surface area contributed by atoms with E-state index in [1.807, 2.05) is 60.8 Å². The highest BCUT2D eigenvalue weighted by atomic mass is 16.5. The fourth-order valence-corrected chi connectivity index (χ4v) is 2.50. The second kappa shape index (κ2) is 6.00. The second-order valence-electron chi connectivity index (χ2n) is 5.27. The van der Waals surface area contributed by atoms with Crippen molar-refractivity contribution >= 4 is 5.69 Å². The number of aromatic nitrogens is 4. The molecule has 24 heavy (non-hydrogen) atoms. The van der Waals surface area contributed by atoms with Crippen LogP contribution in [0.5, 0.6) is 5.75 Å². The summed E-state index contributed by atoms with van der Waals surface area (Å²) in [7, 11) is 1.65. The number of rotatable bonds is 4. The molecule has 0 bridgehead atoms. The molecule has 0 fully saturated rings. The number of hydrogen-bond acceptors (Lipinski definition) is 5. The highest BCUT2D eigenvalue weighted by Crippen LogP contribution is 2.30. The van der Waals surface area contributed by atoms with Crippen molar-refractivity contribution in [3.63, 3.8) is 0 Å². The minimum atomic E-state index is 0.618. The Kier molecular flexibility index (Phi) is 3.55. The topological polar surface area (TPSA) is 64.9 Å². The zero-order chi connectivity index (χ0) is 16.4. The minimum Gasteiger partial charge on any atom is -0.497 e. The summed E-state index contributed by atoms with van der Waals surface area (Å²) in [6.45, 7) is 0. The van der Waals surface area contributed by atoms with Crippen molar-refractivity contribution in [3.8, 4) is 28.4 Å². The molecule has 2 heterocycles. The van der Waals surface area contributed by atoms with E-state index in [1.165, 1.54) is 0 Å². The number of anilines is 1. The SMILES string of the molecule is COc1ccc(-c2nnc3ncn(Nc4ccccc4)cc2-3)cc1. The lowest BCUT2D eigenvalue weighted by molar-refractivity contribution is 0.415. The minimum absolute atomic E-state index is 0.618. The number of hydrogen-bond donors (Lipinski definition) is 1. The van der Waals surface area contributed by atoms with E-state index in [0.717, 1.165) is 28.3 Å². The summed E-state index contributed by atoms with van der Waals surface area (Å²) in [6.07, 6.45) is 3.62. The molecule has 2 aromatic rings. The van der Waals surface area contributed by atoms with Gasteiger partial charge in [-0.3, -0.25) is 10.1 Å². The fraction of sp³-hybridized carbons (Fsp3) is 0.0556. The molecule has 0 aliphatic carbocycles. The Morgan fingerprint density at radius 2 is 1.75 bits per heavy atom. The van der Waals surface area contributed by atoms with Crippen LogP contribution < -0.4 is 10.2 Å². The van der Waals surface area contributed by atoms with Crippen molar-refractivity contribution in [2.24, 2.45) is 0 Å². The molecule has 0 saturated carbocycles. The van der Waals surface area contributed by atoms with E-state index in [9.17, 15) is 0 Å². The van der Waals surface area contributed by atoms with Gasteiger partial charge in [-0.15, -0.1) is 10.2 Å². The van der Waals surface area contributed by atoms with Crippen molar-refractivity contribution in [1.82, 2.24) is 19.9 Å². The first-order valence-electron chi connectivity index (χ1n) is 7.50. The Labute approximate surface area is 139 Å². The van der Waals surface area contributed by atoms with Crippen LogP contribution in [0, 0.1) is 0 Å². The summed E-state index contributed by atoms with van der Waals surface area (Å²) in [5.74, 6) is 1.42. The van der Waals surface area contributed by atoms with Crippen LogP contribution in [-0.4, -0.2) is 27.0 Å². The molecule has 6 heteroatoms. The maximum absolute atomic E-state index is 5.20. The molecule has 6 nitrogen and oxygen atoms in total. The van der Waals surface area contributed by atoms with Gasteiger partial charge in [-0.05, 0) is 36.4 Å². The molecule has 2 aliphatic heterocycles. The first kappa shape index (κ1) is 14.2. The molecule has 0 unspecified atom stereocenters. The first-order chi connectivity index (χ1) is 11.8. The molecule has 0 saturated heterocycles. The van der Waals surface area contributed by atoms with E-state index in [0.29, 0.717) is 5.82 Å². The van der Waals surface area contributed by atoms with E-state index in [-0.39, 0.29) is 0 Å². The number of benzene rings is 2. The van der Waals surface area contributed by atoms with Gasteiger partial charge in [0.1, 0.15) is 17.8 Å². The first-order valence-corrected chi connectivity index (χ1v) is 7.50. The molecule has 0 aromatic heterocycles. The van der Waals surface area contributed by atoms with Gasteiger partial charge in [-0.25, -0.2) is 4.98 Å². The third-order valence-corrected chi connectivity index (χ3v) is 3.71. The number of nitrogens with zero attached hydrogens (tertiary/aromatic N) is 4. The van der Waals surface area contributed by atoms with Crippen molar-refractivity contribution < 1.29 is 4.74 Å². The molecule has 0 spiro atoms. The smallest absolute Gasteiger partial charge is 0.187 e. The average Bonchev–Trinajstić information content (AvgIpc) is 3.06. The van der Waals surface area contributed by atoms with Crippen LogP contribution in [-0.2, 0) is 0 Å². The van der Waals surface area contributed by atoms with E-state index in [2.05, 4.69) is 20.6 Å². The van der Waals surface area contributed by atoms with Gasteiger partial charge in [0.15, 0.2) is 5.82 Å². The van der Waals surface area contributed by atoms with Crippen molar-refractivity contribution in [2.75, 3.05) is 12.5 Å². The maximum Gasteiger partial charge on any atom is 0.187 e. The summed E-state index contributed by atoms with van der Waals surface area (Å²) in [6, 6.07) is 17.6. The quantitative estimate of drug-likeness (QED) is 0.625. The van der Waals surface area contributed by atoms with Crippen LogP contribution in [0.4, 0.5) is 5.69 Å². The van der Waals surface area contributed by atoms with E-state index >= 15 is 0 Å². The van der Waals surface area contributed by atoms with Crippen molar-refractivity contribution in [3.05, 3.63) is 67.1 Å². The predicted molar refractivity (Wildman–Crippen MR) is 91.9 cm³/mol. The van der Waals surface area contributed by atoms with Gasteiger partial charge in [0.25, 0.3) is 0 Å². The van der Waals surface area contributed by atoms with Gasteiger partial charge in [-0.1, -0.05) is 18.2 Å². The summed E-state index contributed by atoms with van der Waals surface area (Å²) in [4.78, 5) is 4.36. The van der Waals surface area contributed by atoms with Crippen LogP contribution in [0.2, 0.25) is 0 Å². The van der Waals surface area contributed by atoms with Gasteiger partial charge in [0.05, 0.1) is 18.4 Å². The molecule has 2 aliphatic rings. The number of ether oxygens (including phenoxy) is 1. The molecular formula is C18H15N5O. The van der Waals surface area contributed by atoms with Gasteiger partial charge in [0, 0.05) is 11.8 Å². The number of methoxy groups -OCH3 is 1. The zero-order valence-corrected chi connectivity index (χ0v) is 13.0. The van der Waals surface area contributed by atoms with Crippen LogP contribution in [0.25, 0.3) is 22.6 Å². The Hall–Kier alpha value is -3.41. The Morgan fingerprint density at radius 1 is 0.958 bits per heavy atom. The predicted octanol–water partition coefficient (Wildman–Crippen LogP) is 3.33. The molecule has 118 valence electrons. The van der Waals surface area contributed by atoms with Gasteiger partial charge >= 0.3 is 0 Å². The van der Waals surface area contributed by atoms with Gasteiger partial charge < -0.3 is 4.74 Å². The highest BCUT2D eigenvalue weighted by molar-refractivity contribution is 5.78. The zero-order valence-electron chi connectivity index (χ0n) is 13.0. The molecule has 0 atom stereocenters. The third-order valence-electron chi connectivity index (χ3n) is 3.71. The largest absolute Gasteiger partial charge is 0.497 e.